The van der Waals surface area contributed by atoms with Crippen molar-refractivity contribution in [3.05, 3.63) is 29.8 Å². The molecule has 3 nitrogen and oxygen atoms in total. The summed E-state index contributed by atoms with van der Waals surface area (Å²) in [6.45, 7) is 10.7. The predicted molar refractivity (Wildman–Crippen MR) is 80.8 cm³/mol. The summed E-state index contributed by atoms with van der Waals surface area (Å²) in [6.07, 6.45) is 0. The highest BCUT2D eigenvalue weighted by atomic mass is 16.3. The number of hydrogen-bond donors (Lipinski definition) is 2. The molecule has 1 aliphatic heterocycles. The lowest BCUT2D eigenvalue weighted by atomic mass is 10.0. The Morgan fingerprint density at radius 3 is 2.53 bits per heavy atom. The highest BCUT2D eigenvalue weighted by molar-refractivity contribution is 5.49. The summed E-state index contributed by atoms with van der Waals surface area (Å²) in [7, 11) is 0. The average molecular weight is 262 g/mol. The number of benzene rings is 1. The van der Waals surface area contributed by atoms with Gasteiger partial charge in [-0.1, -0.05) is 26.0 Å². The van der Waals surface area contributed by atoms with Crippen LogP contribution < -0.4 is 10.2 Å². The number of nitrogens with zero attached hydrogens (tertiary/aromatic N) is 1. The molecule has 19 heavy (non-hydrogen) atoms. The Morgan fingerprint density at radius 1 is 1.32 bits per heavy atom. The molecule has 1 saturated heterocycles. The summed E-state index contributed by atoms with van der Waals surface area (Å²) >= 11 is 0. The van der Waals surface area contributed by atoms with E-state index in [0.29, 0.717) is 25.0 Å². The van der Waals surface area contributed by atoms with Crippen molar-refractivity contribution >= 4 is 5.69 Å². The van der Waals surface area contributed by atoms with Crippen molar-refractivity contribution in [1.29, 1.82) is 0 Å². The van der Waals surface area contributed by atoms with Crippen LogP contribution in [0.1, 0.15) is 39.2 Å². The summed E-state index contributed by atoms with van der Waals surface area (Å²) in [4.78, 5) is 2.30. The lowest BCUT2D eigenvalue weighted by Gasteiger charge is -2.33. The van der Waals surface area contributed by atoms with Crippen LogP contribution in [0.25, 0.3) is 0 Å². The number of rotatable bonds is 2. The van der Waals surface area contributed by atoms with Gasteiger partial charge in [0.25, 0.3) is 0 Å². The van der Waals surface area contributed by atoms with Crippen LogP contribution in [-0.4, -0.2) is 36.4 Å². The molecule has 2 atom stereocenters. The molecule has 2 N–H and O–H groups in total. The molecule has 0 bridgehead atoms. The van der Waals surface area contributed by atoms with Gasteiger partial charge in [0.15, 0.2) is 0 Å². The highest BCUT2D eigenvalue weighted by Crippen LogP contribution is 2.24. The van der Waals surface area contributed by atoms with Crippen LogP contribution in [0.15, 0.2) is 24.3 Å². The molecule has 1 heterocycles. The molecule has 0 saturated carbocycles. The average Bonchev–Trinajstić information content (AvgIpc) is 2.48. The maximum atomic E-state index is 10.3. The van der Waals surface area contributed by atoms with E-state index in [0.717, 1.165) is 6.54 Å². The van der Waals surface area contributed by atoms with Crippen molar-refractivity contribution in [2.24, 2.45) is 0 Å². The highest BCUT2D eigenvalue weighted by Gasteiger charge is 2.30. The minimum Gasteiger partial charge on any atom is -0.387 e. The van der Waals surface area contributed by atoms with Crippen LogP contribution in [0.2, 0.25) is 0 Å². The van der Waals surface area contributed by atoms with Crippen LogP contribution in [0.3, 0.4) is 0 Å². The zero-order valence-electron chi connectivity index (χ0n) is 12.5. The fraction of sp³-hybridized carbons (Fsp3) is 0.625. The van der Waals surface area contributed by atoms with Crippen molar-refractivity contribution in [1.82, 2.24) is 5.32 Å². The first kappa shape index (κ1) is 14.4. The van der Waals surface area contributed by atoms with Crippen LogP contribution in [0.4, 0.5) is 5.69 Å². The van der Waals surface area contributed by atoms with Gasteiger partial charge in [-0.2, -0.15) is 0 Å². The molecule has 0 amide bonds. The molecule has 2 rings (SSSR count). The molecule has 1 aromatic carbocycles. The zero-order valence-corrected chi connectivity index (χ0v) is 12.5. The van der Waals surface area contributed by atoms with Crippen LogP contribution in [-0.2, 0) is 0 Å². The first-order chi connectivity index (χ1) is 8.89. The van der Waals surface area contributed by atoms with Gasteiger partial charge >= 0.3 is 0 Å². The number of β-amino-alcohol motifs (C(OH)–C–C–N with tert-alkyl or cyclic N) is 1. The van der Waals surface area contributed by atoms with Gasteiger partial charge in [-0.15, -0.1) is 0 Å². The number of nitrogens with one attached hydrogen (secondary N) is 1. The molecule has 0 aromatic heterocycles. The maximum Gasteiger partial charge on any atom is 0.0917 e. The molecule has 0 aliphatic carbocycles. The van der Waals surface area contributed by atoms with Gasteiger partial charge in [0.05, 0.1) is 5.60 Å². The molecule has 1 fully saturated rings. The minimum absolute atomic E-state index is 0.388. The Morgan fingerprint density at radius 2 is 1.95 bits per heavy atom. The Kier molecular flexibility index (Phi) is 4.16. The minimum atomic E-state index is -0.679. The Labute approximate surface area is 116 Å². The van der Waals surface area contributed by atoms with E-state index in [1.165, 1.54) is 11.3 Å². The van der Waals surface area contributed by atoms with Gasteiger partial charge in [0.1, 0.15) is 0 Å². The Bertz CT molecular complexity index is 411. The van der Waals surface area contributed by atoms with Crippen molar-refractivity contribution in [3.63, 3.8) is 0 Å². The van der Waals surface area contributed by atoms with Crippen LogP contribution in [0, 0.1) is 0 Å². The van der Waals surface area contributed by atoms with Crippen molar-refractivity contribution in [2.45, 2.75) is 45.3 Å². The topological polar surface area (TPSA) is 35.5 Å². The quantitative estimate of drug-likeness (QED) is 0.859. The monoisotopic (exact) mass is 262 g/mol. The van der Waals surface area contributed by atoms with Gasteiger partial charge in [0, 0.05) is 31.4 Å². The lowest BCUT2D eigenvalue weighted by molar-refractivity contribution is 0.0726. The van der Waals surface area contributed by atoms with E-state index in [1.807, 2.05) is 6.92 Å². The molecule has 0 radical (unpaired) electrons. The Balaban J connectivity index is 2.22. The standard InChI is InChI=1S/C16H26N2O/c1-12(2)14-5-7-15(8-6-14)18-11-16(4,19)10-17-9-13(18)3/h5-8,12-13,17,19H,9-11H2,1-4H3. The molecule has 3 heteroatoms. The largest absolute Gasteiger partial charge is 0.387 e. The van der Waals surface area contributed by atoms with Crippen LogP contribution >= 0.6 is 0 Å². The first-order valence-electron chi connectivity index (χ1n) is 7.19. The summed E-state index contributed by atoms with van der Waals surface area (Å²) in [6, 6.07) is 9.12. The maximum absolute atomic E-state index is 10.3. The van der Waals surface area contributed by atoms with E-state index in [1.54, 1.807) is 0 Å². The van der Waals surface area contributed by atoms with Gasteiger partial charge in [-0.3, -0.25) is 0 Å². The van der Waals surface area contributed by atoms with Gasteiger partial charge in [0.2, 0.25) is 0 Å². The second-order valence-corrected chi connectivity index (χ2v) is 6.35. The molecule has 0 spiro atoms. The van der Waals surface area contributed by atoms with E-state index in [-0.39, 0.29) is 0 Å². The van der Waals surface area contributed by atoms with Gasteiger partial charge in [-0.25, -0.2) is 0 Å². The predicted octanol–water partition coefficient (Wildman–Crippen LogP) is 2.36. The molecule has 106 valence electrons. The summed E-state index contributed by atoms with van der Waals surface area (Å²) in [5.74, 6) is 0.556. The van der Waals surface area contributed by atoms with E-state index >= 15 is 0 Å². The molecule has 2 unspecified atom stereocenters. The zero-order chi connectivity index (χ0) is 14.0. The van der Waals surface area contributed by atoms with E-state index in [9.17, 15) is 5.11 Å². The van der Waals surface area contributed by atoms with Crippen molar-refractivity contribution < 1.29 is 5.11 Å². The molecular weight excluding hydrogens is 236 g/mol. The third-order valence-electron chi connectivity index (χ3n) is 3.88. The number of hydrogen-bond acceptors (Lipinski definition) is 3. The molecule has 1 aromatic rings. The lowest BCUT2D eigenvalue weighted by Crippen LogP contribution is -2.45. The molecule has 1 aliphatic rings. The normalized spacial score (nSPS) is 28.5. The number of anilines is 1. The smallest absolute Gasteiger partial charge is 0.0917 e. The van der Waals surface area contributed by atoms with Crippen molar-refractivity contribution in [3.8, 4) is 0 Å². The number of aliphatic hydroxyl groups is 1. The molecular formula is C16H26N2O. The summed E-state index contributed by atoms with van der Waals surface area (Å²) in [5, 5.41) is 13.7. The SMILES string of the molecule is CC(C)c1ccc(N2CC(C)(O)CNCC2C)cc1. The third kappa shape index (κ3) is 3.48. The van der Waals surface area contributed by atoms with E-state index < -0.39 is 5.60 Å². The Hall–Kier alpha value is -1.06. The fourth-order valence-corrected chi connectivity index (χ4v) is 2.64. The van der Waals surface area contributed by atoms with E-state index in [4.69, 9.17) is 0 Å². The fourth-order valence-electron chi connectivity index (χ4n) is 2.64. The summed E-state index contributed by atoms with van der Waals surface area (Å²) in [5.41, 5.74) is 1.87. The third-order valence-corrected chi connectivity index (χ3v) is 3.88. The van der Waals surface area contributed by atoms with Gasteiger partial charge < -0.3 is 15.3 Å². The van der Waals surface area contributed by atoms with Gasteiger partial charge in [-0.05, 0) is 37.5 Å². The second-order valence-electron chi connectivity index (χ2n) is 6.35. The van der Waals surface area contributed by atoms with Crippen LogP contribution in [0.5, 0.6) is 0 Å². The first-order valence-corrected chi connectivity index (χ1v) is 7.19. The summed E-state index contributed by atoms with van der Waals surface area (Å²) < 4.78 is 0. The second kappa shape index (κ2) is 5.51. The van der Waals surface area contributed by atoms with Crippen molar-refractivity contribution in [2.75, 3.05) is 24.5 Å². The van der Waals surface area contributed by atoms with E-state index in [2.05, 4.69) is 55.3 Å².